The van der Waals surface area contributed by atoms with Crippen molar-refractivity contribution in [1.82, 2.24) is 24.8 Å². The van der Waals surface area contributed by atoms with Gasteiger partial charge in [-0.15, -0.1) is 5.10 Å². The highest BCUT2D eigenvalue weighted by atomic mass is 16.5. The molecule has 2 rings (SSSR count). The summed E-state index contributed by atoms with van der Waals surface area (Å²) in [6, 6.07) is 1.96. The van der Waals surface area contributed by atoms with Gasteiger partial charge in [-0.1, -0.05) is 5.21 Å². The maximum absolute atomic E-state index is 11.2. The molecule has 0 bridgehead atoms. The number of nitrogens with zero attached hydrogens (tertiary/aromatic N) is 5. The van der Waals surface area contributed by atoms with Crippen LogP contribution in [0.1, 0.15) is 34.5 Å². The predicted molar refractivity (Wildman–Crippen MR) is 74.3 cm³/mol. The zero-order valence-electron chi connectivity index (χ0n) is 12.4. The zero-order chi connectivity index (χ0) is 15.4. The largest absolute Gasteiger partial charge is 0.476 e. The fourth-order valence-electron chi connectivity index (χ4n) is 2.23. The number of hydrogen-bond donors (Lipinski definition) is 1. The predicted octanol–water partition coefficient (Wildman–Crippen LogP) is 0.738. The Kier molecular flexibility index (Phi) is 4.69. The Hall–Kier alpha value is -2.22. The highest BCUT2D eigenvalue weighted by Crippen LogP contribution is 2.11. The van der Waals surface area contributed by atoms with E-state index in [9.17, 15) is 9.90 Å². The molecular formula is C13H19N5O3. The molecule has 0 amide bonds. The van der Waals surface area contributed by atoms with Crippen molar-refractivity contribution in [3.8, 4) is 0 Å². The van der Waals surface area contributed by atoms with Gasteiger partial charge >= 0.3 is 5.97 Å². The standard InChI is InChI=1S/C13H19N5O3/c1-4-17-10(7-9(2)15-17)8-18-11(5-6-21-3)12(13(19)20)14-16-18/h7H,4-6,8H2,1-3H3,(H,19,20). The summed E-state index contributed by atoms with van der Waals surface area (Å²) < 4.78 is 8.50. The average molecular weight is 293 g/mol. The Morgan fingerprint density at radius 2 is 2.19 bits per heavy atom. The van der Waals surface area contributed by atoms with Gasteiger partial charge in [0.25, 0.3) is 0 Å². The molecule has 8 heteroatoms. The van der Waals surface area contributed by atoms with Gasteiger partial charge in [0.05, 0.1) is 30.2 Å². The van der Waals surface area contributed by atoms with Crippen molar-refractivity contribution >= 4 is 5.97 Å². The highest BCUT2D eigenvalue weighted by molar-refractivity contribution is 5.86. The zero-order valence-corrected chi connectivity index (χ0v) is 12.4. The summed E-state index contributed by atoms with van der Waals surface area (Å²) in [4.78, 5) is 11.2. The second-order valence-corrected chi connectivity index (χ2v) is 4.68. The Morgan fingerprint density at radius 3 is 2.81 bits per heavy atom. The number of carbonyl (C=O) groups is 1. The number of aryl methyl sites for hydroxylation is 2. The highest BCUT2D eigenvalue weighted by Gasteiger charge is 2.19. The molecule has 0 saturated heterocycles. The van der Waals surface area contributed by atoms with Crippen molar-refractivity contribution in [2.45, 2.75) is 33.4 Å². The third kappa shape index (κ3) is 3.27. The van der Waals surface area contributed by atoms with E-state index in [0.29, 0.717) is 25.3 Å². The minimum Gasteiger partial charge on any atom is -0.476 e. The van der Waals surface area contributed by atoms with Gasteiger partial charge in [-0.05, 0) is 19.9 Å². The summed E-state index contributed by atoms with van der Waals surface area (Å²) >= 11 is 0. The topological polar surface area (TPSA) is 95.1 Å². The molecule has 2 aromatic rings. The van der Waals surface area contributed by atoms with Crippen LogP contribution in [-0.4, -0.2) is 49.6 Å². The Morgan fingerprint density at radius 1 is 1.43 bits per heavy atom. The van der Waals surface area contributed by atoms with Crippen LogP contribution in [0.5, 0.6) is 0 Å². The molecule has 2 aromatic heterocycles. The first-order valence-corrected chi connectivity index (χ1v) is 6.74. The van der Waals surface area contributed by atoms with E-state index in [2.05, 4.69) is 15.4 Å². The number of methoxy groups -OCH3 is 1. The Bertz CT molecular complexity index is 632. The second-order valence-electron chi connectivity index (χ2n) is 4.68. The number of rotatable bonds is 7. The minimum absolute atomic E-state index is 0.0219. The van der Waals surface area contributed by atoms with E-state index in [-0.39, 0.29) is 5.69 Å². The molecule has 0 aliphatic rings. The van der Waals surface area contributed by atoms with Crippen molar-refractivity contribution in [3.05, 3.63) is 28.8 Å². The number of aromatic nitrogens is 5. The van der Waals surface area contributed by atoms with Crippen LogP contribution in [0.15, 0.2) is 6.07 Å². The van der Waals surface area contributed by atoms with Gasteiger partial charge in [0, 0.05) is 20.1 Å². The van der Waals surface area contributed by atoms with Crippen LogP contribution in [0.25, 0.3) is 0 Å². The van der Waals surface area contributed by atoms with Crippen molar-refractivity contribution in [3.63, 3.8) is 0 Å². The van der Waals surface area contributed by atoms with E-state index < -0.39 is 5.97 Å². The molecule has 0 radical (unpaired) electrons. The molecule has 0 saturated carbocycles. The lowest BCUT2D eigenvalue weighted by Gasteiger charge is -2.08. The lowest BCUT2D eigenvalue weighted by molar-refractivity contribution is 0.0688. The maximum Gasteiger partial charge on any atom is 0.358 e. The van der Waals surface area contributed by atoms with Gasteiger partial charge in [-0.2, -0.15) is 5.10 Å². The average Bonchev–Trinajstić information content (AvgIpc) is 3.00. The number of carboxylic acid groups (broad SMARTS) is 1. The number of hydrogen-bond acceptors (Lipinski definition) is 5. The van der Waals surface area contributed by atoms with Crippen LogP contribution in [0.3, 0.4) is 0 Å². The molecular weight excluding hydrogens is 274 g/mol. The molecule has 0 aromatic carbocycles. The Balaban J connectivity index is 2.32. The number of aromatic carboxylic acids is 1. The SMILES string of the molecule is CCn1nc(C)cc1Cn1nnc(C(=O)O)c1CCOC. The smallest absolute Gasteiger partial charge is 0.358 e. The molecule has 0 atom stereocenters. The van der Waals surface area contributed by atoms with Crippen LogP contribution in [0.4, 0.5) is 0 Å². The molecule has 0 unspecified atom stereocenters. The van der Waals surface area contributed by atoms with E-state index in [1.54, 1.807) is 11.8 Å². The summed E-state index contributed by atoms with van der Waals surface area (Å²) in [5.41, 5.74) is 2.43. The van der Waals surface area contributed by atoms with Crippen LogP contribution in [-0.2, 0) is 24.2 Å². The van der Waals surface area contributed by atoms with Crippen molar-refractivity contribution < 1.29 is 14.6 Å². The molecule has 0 aliphatic carbocycles. The maximum atomic E-state index is 11.2. The summed E-state index contributed by atoms with van der Waals surface area (Å²) in [6.07, 6.45) is 0.449. The Labute approximate surface area is 122 Å². The van der Waals surface area contributed by atoms with E-state index in [4.69, 9.17) is 4.74 Å². The van der Waals surface area contributed by atoms with Gasteiger partial charge in [0.2, 0.25) is 0 Å². The summed E-state index contributed by atoms with van der Waals surface area (Å²) in [6.45, 7) is 5.53. The van der Waals surface area contributed by atoms with E-state index >= 15 is 0 Å². The third-order valence-electron chi connectivity index (χ3n) is 3.18. The van der Waals surface area contributed by atoms with Crippen molar-refractivity contribution in [2.24, 2.45) is 0 Å². The molecule has 114 valence electrons. The van der Waals surface area contributed by atoms with Gasteiger partial charge < -0.3 is 9.84 Å². The normalized spacial score (nSPS) is 11.0. The molecule has 21 heavy (non-hydrogen) atoms. The molecule has 0 aliphatic heterocycles. The third-order valence-corrected chi connectivity index (χ3v) is 3.18. The van der Waals surface area contributed by atoms with Gasteiger partial charge in [-0.3, -0.25) is 4.68 Å². The number of carboxylic acids is 1. The quantitative estimate of drug-likeness (QED) is 0.809. The first-order valence-electron chi connectivity index (χ1n) is 6.74. The fraction of sp³-hybridized carbons (Fsp3) is 0.538. The fourth-order valence-corrected chi connectivity index (χ4v) is 2.23. The van der Waals surface area contributed by atoms with E-state index in [1.165, 1.54) is 0 Å². The van der Waals surface area contributed by atoms with E-state index in [1.807, 2.05) is 24.6 Å². The lowest BCUT2D eigenvalue weighted by Crippen LogP contribution is -2.14. The van der Waals surface area contributed by atoms with Gasteiger partial charge in [-0.25, -0.2) is 9.48 Å². The molecule has 0 spiro atoms. The molecule has 2 heterocycles. The van der Waals surface area contributed by atoms with Crippen LogP contribution in [0.2, 0.25) is 0 Å². The summed E-state index contributed by atoms with van der Waals surface area (Å²) in [5.74, 6) is -1.08. The molecule has 0 fully saturated rings. The minimum atomic E-state index is -1.08. The monoisotopic (exact) mass is 293 g/mol. The van der Waals surface area contributed by atoms with Crippen molar-refractivity contribution in [2.75, 3.05) is 13.7 Å². The first kappa shape index (κ1) is 15.2. The van der Waals surface area contributed by atoms with Gasteiger partial charge in [0.1, 0.15) is 0 Å². The van der Waals surface area contributed by atoms with Crippen LogP contribution >= 0.6 is 0 Å². The molecule has 1 N–H and O–H groups in total. The second kappa shape index (κ2) is 6.49. The number of ether oxygens (including phenoxy) is 1. The van der Waals surface area contributed by atoms with Crippen LogP contribution in [0, 0.1) is 6.92 Å². The van der Waals surface area contributed by atoms with Crippen LogP contribution < -0.4 is 0 Å². The van der Waals surface area contributed by atoms with E-state index in [0.717, 1.165) is 17.9 Å². The molecule has 8 nitrogen and oxygen atoms in total. The first-order chi connectivity index (χ1) is 10.1. The summed E-state index contributed by atoms with van der Waals surface area (Å²) in [5, 5.41) is 21.3. The summed E-state index contributed by atoms with van der Waals surface area (Å²) in [7, 11) is 1.57. The van der Waals surface area contributed by atoms with Gasteiger partial charge in [0.15, 0.2) is 5.69 Å². The van der Waals surface area contributed by atoms with Crippen molar-refractivity contribution in [1.29, 1.82) is 0 Å². The lowest BCUT2D eigenvalue weighted by atomic mass is 10.2.